The van der Waals surface area contributed by atoms with Gasteiger partial charge in [-0.3, -0.25) is 0 Å². The predicted molar refractivity (Wildman–Crippen MR) is 66.9 cm³/mol. The molecule has 0 saturated heterocycles. The van der Waals surface area contributed by atoms with E-state index in [1.165, 1.54) is 5.56 Å². The number of aromatic nitrogens is 2. The fourth-order valence-electron chi connectivity index (χ4n) is 1.69. The molecule has 2 aromatic rings. The van der Waals surface area contributed by atoms with Gasteiger partial charge in [0.2, 0.25) is 0 Å². The van der Waals surface area contributed by atoms with Crippen LogP contribution >= 0.6 is 0 Å². The summed E-state index contributed by atoms with van der Waals surface area (Å²) in [6.07, 6.45) is 6.33. The van der Waals surface area contributed by atoms with E-state index in [1.807, 2.05) is 29.0 Å². The molecule has 1 aromatic carbocycles. The van der Waals surface area contributed by atoms with Crippen molar-refractivity contribution < 1.29 is 4.74 Å². The van der Waals surface area contributed by atoms with Crippen LogP contribution in [0.2, 0.25) is 0 Å². The Labute approximate surface area is 101 Å². The van der Waals surface area contributed by atoms with E-state index in [0.29, 0.717) is 13.2 Å². The molecule has 0 spiro atoms. The molecule has 1 heterocycles. The number of imidazole rings is 1. The van der Waals surface area contributed by atoms with Gasteiger partial charge in [-0.25, -0.2) is 4.98 Å². The van der Waals surface area contributed by atoms with Gasteiger partial charge in [-0.05, 0) is 24.6 Å². The molecule has 0 aliphatic heterocycles. The zero-order chi connectivity index (χ0) is 11.9. The highest BCUT2D eigenvalue weighted by molar-refractivity contribution is 5.33. The summed E-state index contributed by atoms with van der Waals surface area (Å²) in [6, 6.07) is 8.03. The molecule has 17 heavy (non-hydrogen) atoms. The molecule has 2 rings (SSSR count). The molecular weight excluding hydrogens is 214 g/mol. The van der Waals surface area contributed by atoms with E-state index in [0.717, 1.165) is 18.7 Å². The summed E-state index contributed by atoms with van der Waals surface area (Å²) in [5, 5.41) is 0. The molecule has 0 atom stereocenters. The van der Waals surface area contributed by atoms with Gasteiger partial charge >= 0.3 is 0 Å². The smallest absolute Gasteiger partial charge is 0.122 e. The van der Waals surface area contributed by atoms with Crippen LogP contribution in [-0.2, 0) is 13.0 Å². The predicted octanol–water partition coefficient (Wildman–Crippen LogP) is 1.46. The van der Waals surface area contributed by atoms with Crippen LogP contribution in [0.25, 0.3) is 0 Å². The van der Waals surface area contributed by atoms with Crippen LogP contribution in [0.1, 0.15) is 5.56 Å². The van der Waals surface area contributed by atoms with Gasteiger partial charge in [-0.1, -0.05) is 18.2 Å². The van der Waals surface area contributed by atoms with E-state index in [2.05, 4.69) is 11.1 Å². The maximum absolute atomic E-state index is 5.76. The summed E-state index contributed by atoms with van der Waals surface area (Å²) >= 11 is 0. The molecule has 90 valence electrons. The standard InChI is InChI=1S/C13H17N3O/c14-6-5-12-3-1-2-4-13(12)17-10-9-16-8-7-15-11-16/h1-4,7-8,11H,5-6,9-10,14H2. The Hall–Kier alpha value is -1.81. The van der Waals surface area contributed by atoms with Crippen molar-refractivity contribution in [3.8, 4) is 5.75 Å². The van der Waals surface area contributed by atoms with Crippen LogP contribution in [0, 0.1) is 0 Å². The summed E-state index contributed by atoms with van der Waals surface area (Å²) in [5.74, 6) is 0.929. The second-order valence-electron chi connectivity index (χ2n) is 3.80. The largest absolute Gasteiger partial charge is 0.491 e. The van der Waals surface area contributed by atoms with Gasteiger partial charge in [0.05, 0.1) is 12.9 Å². The SMILES string of the molecule is NCCc1ccccc1OCCn1ccnc1. The second kappa shape index (κ2) is 6.06. The minimum Gasteiger partial charge on any atom is -0.491 e. The first-order valence-electron chi connectivity index (χ1n) is 5.76. The molecule has 0 aliphatic rings. The molecule has 0 bridgehead atoms. The molecule has 0 aliphatic carbocycles. The van der Waals surface area contributed by atoms with E-state index in [9.17, 15) is 0 Å². The molecule has 0 fully saturated rings. The molecule has 0 saturated carbocycles. The van der Waals surface area contributed by atoms with E-state index >= 15 is 0 Å². The Balaban J connectivity index is 1.89. The maximum atomic E-state index is 5.76. The third-order valence-corrected chi connectivity index (χ3v) is 2.55. The number of para-hydroxylation sites is 1. The lowest BCUT2D eigenvalue weighted by Gasteiger charge is -2.10. The third-order valence-electron chi connectivity index (χ3n) is 2.55. The van der Waals surface area contributed by atoms with Crippen molar-refractivity contribution in [1.82, 2.24) is 9.55 Å². The number of hydrogen-bond acceptors (Lipinski definition) is 3. The van der Waals surface area contributed by atoms with E-state index < -0.39 is 0 Å². The zero-order valence-electron chi connectivity index (χ0n) is 9.75. The Kier molecular flexibility index (Phi) is 4.16. The summed E-state index contributed by atoms with van der Waals surface area (Å²) in [4.78, 5) is 3.99. The molecule has 0 radical (unpaired) electrons. The Morgan fingerprint density at radius 1 is 1.29 bits per heavy atom. The van der Waals surface area contributed by atoms with E-state index in [1.54, 1.807) is 12.5 Å². The topological polar surface area (TPSA) is 53.1 Å². The van der Waals surface area contributed by atoms with Gasteiger partial charge in [-0.15, -0.1) is 0 Å². The summed E-state index contributed by atoms with van der Waals surface area (Å²) in [6.45, 7) is 2.08. The van der Waals surface area contributed by atoms with Crippen LogP contribution in [-0.4, -0.2) is 22.7 Å². The van der Waals surface area contributed by atoms with Gasteiger partial charge in [0.1, 0.15) is 12.4 Å². The molecule has 4 heteroatoms. The number of nitrogens with zero attached hydrogens (tertiary/aromatic N) is 2. The van der Waals surface area contributed by atoms with Crippen molar-refractivity contribution in [3.63, 3.8) is 0 Å². The molecule has 0 unspecified atom stereocenters. The van der Waals surface area contributed by atoms with Crippen molar-refractivity contribution in [2.24, 2.45) is 5.73 Å². The van der Waals surface area contributed by atoms with Gasteiger partial charge in [0, 0.05) is 12.4 Å². The quantitative estimate of drug-likeness (QED) is 0.819. The van der Waals surface area contributed by atoms with Crippen molar-refractivity contribution in [1.29, 1.82) is 0 Å². The van der Waals surface area contributed by atoms with Gasteiger partial charge in [-0.2, -0.15) is 0 Å². The van der Waals surface area contributed by atoms with Crippen LogP contribution in [0.15, 0.2) is 43.0 Å². The van der Waals surface area contributed by atoms with Crippen LogP contribution in [0.3, 0.4) is 0 Å². The Bertz CT molecular complexity index is 440. The average molecular weight is 231 g/mol. The molecule has 4 nitrogen and oxygen atoms in total. The number of hydrogen-bond donors (Lipinski definition) is 1. The lowest BCUT2D eigenvalue weighted by Crippen LogP contribution is -2.09. The van der Waals surface area contributed by atoms with Gasteiger partial charge < -0.3 is 15.0 Å². The van der Waals surface area contributed by atoms with E-state index in [4.69, 9.17) is 10.5 Å². The first-order chi connectivity index (χ1) is 8.40. The number of ether oxygens (including phenoxy) is 1. The fraction of sp³-hybridized carbons (Fsp3) is 0.308. The maximum Gasteiger partial charge on any atom is 0.122 e. The number of nitrogens with two attached hydrogens (primary N) is 1. The second-order valence-corrected chi connectivity index (χ2v) is 3.80. The van der Waals surface area contributed by atoms with Gasteiger partial charge in [0.25, 0.3) is 0 Å². The highest BCUT2D eigenvalue weighted by Crippen LogP contribution is 2.17. The van der Waals surface area contributed by atoms with E-state index in [-0.39, 0.29) is 0 Å². The van der Waals surface area contributed by atoms with Crippen molar-refractivity contribution in [2.45, 2.75) is 13.0 Å². The summed E-state index contributed by atoms with van der Waals surface area (Å²) in [7, 11) is 0. The van der Waals surface area contributed by atoms with Gasteiger partial charge in [0.15, 0.2) is 0 Å². The summed E-state index contributed by atoms with van der Waals surface area (Å²) in [5.41, 5.74) is 6.73. The molecule has 0 amide bonds. The highest BCUT2D eigenvalue weighted by Gasteiger charge is 2.01. The fourth-order valence-corrected chi connectivity index (χ4v) is 1.69. The third kappa shape index (κ3) is 3.32. The zero-order valence-corrected chi connectivity index (χ0v) is 9.75. The lowest BCUT2D eigenvalue weighted by molar-refractivity contribution is 0.295. The first-order valence-corrected chi connectivity index (χ1v) is 5.76. The minimum atomic E-state index is 0.637. The van der Waals surface area contributed by atoms with Crippen molar-refractivity contribution >= 4 is 0 Å². The average Bonchev–Trinajstić information content (AvgIpc) is 2.85. The lowest BCUT2D eigenvalue weighted by atomic mass is 10.1. The number of rotatable bonds is 6. The number of benzene rings is 1. The van der Waals surface area contributed by atoms with Crippen molar-refractivity contribution in [3.05, 3.63) is 48.5 Å². The molecule has 2 N–H and O–H groups in total. The van der Waals surface area contributed by atoms with Crippen LogP contribution in [0.5, 0.6) is 5.75 Å². The highest BCUT2D eigenvalue weighted by atomic mass is 16.5. The van der Waals surface area contributed by atoms with Crippen LogP contribution in [0.4, 0.5) is 0 Å². The normalized spacial score (nSPS) is 10.4. The molecular formula is C13H17N3O. The van der Waals surface area contributed by atoms with Crippen LogP contribution < -0.4 is 10.5 Å². The monoisotopic (exact) mass is 231 g/mol. The van der Waals surface area contributed by atoms with Crippen molar-refractivity contribution in [2.75, 3.05) is 13.2 Å². The Morgan fingerprint density at radius 2 is 2.18 bits per heavy atom. The minimum absolute atomic E-state index is 0.637. The Morgan fingerprint density at radius 3 is 2.94 bits per heavy atom. The first kappa shape index (κ1) is 11.7. The summed E-state index contributed by atoms with van der Waals surface area (Å²) < 4.78 is 7.75. The molecule has 1 aromatic heterocycles.